The summed E-state index contributed by atoms with van der Waals surface area (Å²) in [5.41, 5.74) is 5.42. The molecule has 2 heterocycles. The first-order valence-corrected chi connectivity index (χ1v) is 10.2. The number of ether oxygens (including phenoxy) is 1. The highest BCUT2D eigenvalue weighted by Crippen LogP contribution is 2.26. The third-order valence-electron chi connectivity index (χ3n) is 4.60. The van der Waals surface area contributed by atoms with Gasteiger partial charge >= 0.3 is 5.97 Å². The van der Waals surface area contributed by atoms with Crippen LogP contribution in [0.4, 0.5) is 0 Å². The molecule has 0 saturated carbocycles. The largest absolute Gasteiger partial charge is 0.444 e. The van der Waals surface area contributed by atoms with Crippen molar-refractivity contribution in [1.82, 2.24) is 8.87 Å². The molecular weight excluding hydrogens is 370 g/mol. The first-order valence-electron chi connectivity index (χ1n) is 8.76. The van der Waals surface area contributed by atoms with Gasteiger partial charge < -0.3 is 10.5 Å². The molecule has 8 nitrogen and oxygen atoms in total. The van der Waals surface area contributed by atoms with Crippen LogP contribution in [0.15, 0.2) is 40.2 Å². The minimum atomic E-state index is -3.74. The van der Waals surface area contributed by atoms with E-state index < -0.39 is 21.6 Å². The number of carbonyl (C=O) groups is 1. The lowest BCUT2D eigenvalue weighted by atomic mass is 10.2. The van der Waals surface area contributed by atoms with Crippen molar-refractivity contribution in [1.29, 1.82) is 0 Å². The summed E-state index contributed by atoms with van der Waals surface area (Å²) in [6.45, 7) is 3.81. The van der Waals surface area contributed by atoms with Crippen LogP contribution in [0.3, 0.4) is 0 Å². The fraction of sp³-hybridized carbons (Fsp3) is 0.444. The van der Waals surface area contributed by atoms with Gasteiger partial charge in [0.15, 0.2) is 6.73 Å². The minimum Gasteiger partial charge on any atom is -0.444 e. The maximum absolute atomic E-state index is 13.0. The van der Waals surface area contributed by atoms with E-state index in [1.807, 2.05) is 0 Å². The Morgan fingerprint density at radius 2 is 2.04 bits per heavy atom. The lowest BCUT2D eigenvalue weighted by Gasteiger charge is -2.17. The van der Waals surface area contributed by atoms with E-state index in [0.717, 1.165) is 0 Å². The Morgan fingerprint density at radius 1 is 1.30 bits per heavy atom. The highest BCUT2D eigenvalue weighted by atomic mass is 32.2. The van der Waals surface area contributed by atoms with Gasteiger partial charge in [0.1, 0.15) is 0 Å². The molecule has 0 spiro atoms. The lowest BCUT2D eigenvalue weighted by molar-refractivity contribution is -0.151. The molecule has 0 radical (unpaired) electrons. The third kappa shape index (κ3) is 3.76. The fourth-order valence-electron chi connectivity index (χ4n) is 3.03. The van der Waals surface area contributed by atoms with Crippen LogP contribution in [0.2, 0.25) is 0 Å². The number of pyridine rings is 1. The number of sulfonamides is 1. The Bertz CT molecular complexity index is 1030. The molecule has 1 aromatic heterocycles. The number of aromatic nitrogens is 1. The molecule has 2 N–H and O–H groups in total. The summed E-state index contributed by atoms with van der Waals surface area (Å²) in [5, 5.41) is 0.595. The first kappa shape index (κ1) is 19.5. The van der Waals surface area contributed by atoms with Crippen LogP contribution >= 0.6 is 0 Å². The number of fused-ring (bicyclic) bond motifs is 1. The average Bonchev–Trinajstić information content (AvgIpc) is 3.07. The van der Waals surface area contributed by atoms with E-state index in [1.54, 1.807) is 26.0 Å². The highest BCUT2D eigenvalue weighted by Gasteiger charge is 2.32. The SMILES string of the molecule is CC(C)C(=O)OCn1ccc2c(S(=O)(=O)N3CCC(N)C3)cccc2c1=O. The topological polar surface area (TPSA) is 112 Å². The Balaban J connectivity index is 1.99. The van der Waals surface area contributed by atoms with Gasteiger partial charge in [0.2, 0.25) is 10.0 Å². The summed E-state index contributed by atoms with van der Waals surface area (Å²) < 4.78 is 33.6. The second-order valence-electron chi connectivity index (χ2n) is 6.97. The van der Waals surface area contributed by atoms with Crippen LogP contribution < -0.4 is 11.3 Å². The molecule has 1 fully saturated rings. The van der Waals surface area contributed by atoms with Crippen LogP contribution in [-0.2, 0) is 26.3 Å². The van der Waals surface area contributed by atoms with Crippen molar-refractivity contribution in [3.05, 3.63) is 40.8 Å². The van der Waals surface area contributed by atoms with Crippen LogP contribution in [-0.4, -0.2) is 42.4 Å². The van der Waals surface area contributed by atoms with Crippen molar-refractivity contribution in [2.24, 2.45) is 11.7 Å². The predicted molar refractivity (Wildman–Crippen MR) is 100 cm³/mol. The molecule has 9 heteroatoms. The second-order valence-corrected chi connectivity index (χ2v) is 8.87. The lowest BCUT2D eigenvalue weighted by Crippen LogP contribution is -2.32. The molecule has 1 saturated heterocycles. The number of hydrogen-bond acceptors (Lipinski definition) is 6. The van der Waals surface area contributed by atoms with E-state index in [2.05, 4.69) is 0 Å². The third-order valence-corrected chi connectivity index (χ3v) is 6.52. The number of carbonyl (C=O) groups excluding carboxylic acids is 1. The van der Waals surface area contributed by atoms with E-state index in [4.69, 9.17) is 10.5 Å². The van der Waals surface area contributed by atoms with Gasteiger partial charge in [-0.15, -0.1) is 0 Å². The Morgan fingerprint density at radius 3 is 2.67 bits per heavy atom. The molecule has 1 aromatic carbocycles. The fourth-order valence-corrected chi connectivity index (χ4v) is 4.75. The van der Waals surface area contributed by atoms with Crippen molar-refractivity contribution in [3.8, 4) is 0 Å². The van der Waals surface area contributed by atoms with Crippen LogP contribution in [0, 0.1) is 5.92 Å². The molecule has 27 heavy (non-hydrogen) atoms. The highest BCUT2D eigenvalue weighted by molar-refractivity contribution is 7.89. The van der Waals surface area contributed by atoms with Gasteiger partial charge in [-0.2, -0.15) is 4.31 Å². The Labute approximate surface area is 157 Å². The Hall–Kier alpha value is -2.23. The van der Waals surface area contributed by atoms with Crippen LogP contribution in [0.5, 0.6) is 0 Å². The molecule has 1 atom stereocenters. The van der Waals surface area contributed by atoms with Crippen molar-refractivity contribution in [2.75, 3.05) is 13.1 Å². The number of benzene rings is 1. The molecule has 0 bridgehead atoms. The van der Waals surface area contributed by atoms with Gasteiger partial charge in [0.05, 0.1) is 10.8 Å². The Kier molecular flexibility index (Phi) is 5.36. The van der Waals surface area contributed by atoms with Crippen molar-refractivity contribution < 1.29 is 17.9 Å². The van der Waals surface area contributed by atoms with Gasteiger partial charge in [-0.25, -0.2) is 8.42 Å². The van der Waals surface area contributed by atoms with E-state index >= 15 is 0 Å². The summed E-state index contributed by atoms with van der Waals surface area (Å²) in [7, 11) is -3.74. The predicted octanol–water partition coefficient (Wildman–Crippen LogP) is 0.880. The summed E-state index contributed by atoms with van der Waals surface area (Å²) in [6.07, 6.45) is 2.05. The zero-order valence-corrected chi connectivity index (χ0v) is 16.1. The molecule has 0 amide bonds. The molecular formula is C18H23N3O5S. The minimum absolute atomic E-state index is 0.0810. The summed E-state index contributed by atoms with van der Waals surface area (Å²) in [6, 6.07) is 5.97. The number of esters is 1. The van der Waals surface area contributed by atoms with Crippen molar-refractivity contribution in [3.63, 3.8) is 0 Å². The zero-order valence-electron chi connectivity index (χ0n) is 15.3. The maximum atomic E-state index is 13.0. The standard InChI is InChI=1S/C18H23N3O5S/c1-12(2)18(23)26-11-20-8-7-14-15(17(20)22)4-3-5-16(14)27(24,25)21-9-6-13(19)10-21/h3-5,7-8,12-13H,6,9-11,19H2,1-2H3. The molecule has 1 aliphatic rings. The van der Waals surface area contributed by atoms with E-state index in [1.165, 1.54) is 27.2 Å². The van der Waals surface area contributed by atoms with Crippen LogP contribution in [0.1, 0.15) is 20.3 Å². The number of hydrogen-bond donors (Lipinski definition) is 1. The van der Waals surface area contributed by atoms with Gasteiger partial charge in [0.25, 0.3) is 5.56 Å². The van der Waals surface area contributed by atoms with Gasteiger partial charge in [-0.05, 0) is 24.6 Å². The molecule has 1 unspecified atom stereocenters. The van der Waals surface area contributed by atoms with E-state index in [9.17, 15) is 18.0 Å². The maximum Gasteiger partial charge on any atom is 0.310 e. The smallest absolute Gasteiger partial charge is 0.310 e. The van der Waals surface area contributed by atoms with Crippen molar-refractivity contribution in [2.45, 2.75) is 37.9 Å². The second kappa shape index (κ2) is 7.41. The van der Waals surface area contributed by atoms with E-state index in [-0.39, 0.29) is 35.5 Å². The van der Waals surface area contributed by atoms with Gasteiger partial charge in [0, 0.05) is 36.1 Å². The normalized spacial score (nSPS) is 18.3. The molecule has 2 aromatic rings. The van der Waals surface area contributed by atoms with Gasteiger partial charge in [-0.3, -0.25) is 14.2 Å². The molecule has 146 valence electrons. The monoisotopic (exact) mass is 393 g/mol. The van der Waals surface area contributed by atoms with E-state index in [0.29, 0.717) is 18.4 Å². The summed E-state index contributed by atoms with van der Waals surface area (Å²) in [4.78, 5) is 24.4. The number of nitrogens with zero attached hydrogens (tertiary/aromatic N) is 2. The van der Waals surface area contributed by atoms with Gasteiger partial charge in [-0.1, -0.05) is 19.9 Å². The molecule has 3 rings (SSSR count). The average molecular weight is 393 g/mol. The quantitative estimate of drug-likeness (QED) is 0.755. The van der Waals surface area contributed by atoms with Crippen molar-refractivity contribution >= 4 is 26.8 Å². The zero-order chi connectivity index (χ0) is 19.8. The number of nitrogens with two attached hydrogens (primary N) is 1. The van der Waals surface area contributed by atoms with Crippen LogP contribution in [0.25, 0.3) is 10.8 Å². The molecule has 1 aliphatic heterocycles. The summed E-state index contributed by atoms with van der Waals surface area (Å²) in [5.74, 6) is -0.714. The first-order chi connectivity index (χ1) is 12.7. The summed E-state index contributed by atoms with van der Waals surface area (Å²) >= 11 is 0. The number of rotatable bonds is 5. The molecule has 0 aliphatic carbocycles.